The molecule has 0 unspecified atom stereocenters. The molecule has 0 radical (unpaired) electrons. The van der Waals surface area contributed by atoms with E-state index in [1.165, 1.54) is 0 Å². The molecule has 0 saturated heterocycles. The van der Waals surface area contributed by atoms with E-state index in [0.717, 1.165) is 38.8 Å². The van der Waals surface area contributed by atoms with Gasteiger partial charge >= 0.3 is 6.03 Å². The van der Waals surface area contributed by atoms with Gasteiger partial charge in [-0.05, 0) is 12.3 Å². The van der Waals surface area contributed by atoms with Crippen molar-refractivity contribution in [3.05, 3.63) is 0 Å². The summed E-state index contributed by atoms with van der Waals surface area (Å²) in [6.07, 6.45) is 4.43. The summed E-state index contributed by atoms with van der Waals surface area (Å²) < 4.78 is 0. The number of hydrogen-bond donors (Lipinski definition) is 2. The second kappa shape index (κ2) is 8.85. The van der Waals surface area contributed by atoms with Crippen molar-refractivity contribution in [2.75, 3.05) is 13.1 Å². The summed E-state index contributed by atoms with van der Waals surface area (Å²) in [5.74, 6) is 0.618. The molecular weight excluding hydrogens is 176 g/mol. The van der Waals surface area contributed by atoms with E-state index in [9.17, 15) is 4.79 Å². The zero-order valence-electron chi connectivity index (χ0n) is 9.73. The number of carbonyl (C=O) groups excluding carboxylic acids is 1. The van der Waals surface area contributed by atoms with E-state index in [4.69, 9.17) is 0 Å². The van der Waals surface area contributed by atoms with Crippen LogP contribution in [0.5, 0.6) is 0 Å². The fourth-order valence-corrected chi connectivity index (χ4v) is 1.26. The van der Waals surface area contributed by atoms with Gasteiger partial charge in [0.1, 0.15) is 0 Å². The summed E-state index contributed by atoms with van der Waals surface area (Å²) in [5.41, 5.74) is 0. The van der Waals surface area contributed by atoms with Crippen molar-refractivity contribution < 1.29 is 4.79 Å². The molecule has 3 heteroatoms. The van der Waals surface area contributed by atoms with Gasteiger partial charge in [0.15, 0.2) is 0 Å². The van der Waals surface area contributed by atoms with E-state index in [0.29, 0.717) is 5.92 Å². The highest BCUT2D eigenvalue weighted by Gasteiger charge is 2.05. The molecule has 2 N–H and O–H groups in total. The standard InChI is InChI=1S/C11H24N2O/c1-4-7-8-12-11(14)13-9-10(5-2)6-3/h10H,4-9H2,1-3H3,(H2,12,13,14). The number of unbranched alkanes of at least 4 members (excludes halogenated alkanes) is 1. The molecule has 0 saturated carbocycles. The minimum Gasteiger partial charge on any atom is -0.338 e. The fraction of sp³-hybridized carbons (Fsp3) is 0.909. The third-order valence-corrected chi connectivity index (χ3v) is 2.52. The van der Waals surface area contributed by atoms with Crippen LogP contribution >= 0.6 is 0 Å². The van der Waals surface area contributed by atoms with Gasteiger partial charge in [0.2, 0.25) is 0 Å². The Morgan fingerprint density at radius 1 is 1.14 bits per heavy atom. The minimum atomic E-state index is -0.0228. The van der Waals surface area contributed by atoms with E-state index in [1.54, 1.807) is 0 Å². The first kappa shape index (κ1) is 13.3. The van der Waals surface area contributed by atoms with Crippen molar-refractivity contribution in [2.24, 2.45) is 5.92 Å². The first-order valence-corrected chi connectivity index (χ1v) is 5.76. The topological polar surface area (TPSA) is 41.1 Å². The summed E-state index contributed by atoms with van der Waals surface area (Å²) >= 11 is 0. The zero-order chi connectivity index (χ0) is 10.8. The Morgan fingerprint density at radius 3 is 2.29 bits per heavy atom. The summed E-state index contributed by atoms with van der Waals surface area (Å²) in [5, 5.41) is 5.73. The molecule has 0 fully saturated rings. The van der Waals surface area contributed by atoms with Crippen LogP contribution in [0.4, 0.5) is 4.79 Å². The van der Waals surface area contributed by atoms with Crippen LogP contribution in [0.15, 0.2) is 0 Å². The predicted molar refractivity (Wildman–Crippen MR) is 60.4 cm³/mol. The number of hydrogen-bond acceptors (Lipinski definition) is 1. The third kappa shape index (κ3) is 6.75. The zero-order valence-corrected chi connectivity index (χ0v) is 9.73. The number of nitrogens with one attached hydrogen (secondary N) is 2. The van der Waals surface area contributed by atoms with E-state index >= 15 is 0 Å². The summed E-state index contributed by atoms with van der Waals surface area (Å²) in [6, 6.07) is -0.0228. The van der Waals surface area contributed by atoms with Gasteiger partial charge in [0.25, 0.3) is 0 Å². The van der Waals surface area contributed by atoms with Crippen molar-refractivity contribution in [3.8, 4) is 0 Å². The van der Waals surface area contributed by atoms with Gasteiger partial charge in [-0.1, -0.05) is 40.0 Å². The van der Waals surface area contributed by atoms with Crippen molar-refractivity contribution >= 4 is 6.03 Å². The smallest absolute Gasteiger partial charge is 0.314 e. The van der Waals surface area contributed by atoms with E-state index < -0.39 is 0 Å². The number of rotatable bonds is 7. The van der Waals surface area contributed by atoms with Crippen LogP contribution < -0.4 is 10.6 Å². The first-order valence-electron chi connectivity index (χ1n) is 5.76. The Labute approximate surface area is 87.6 Å². The third-order valence-electron chi connectivity index (χ3n) is 2.52. The van der Waals surface area contributed by atoms with Crippen LogP contribution in [0, 0.1) is 5.92 Å². The first-order chi connectivity index (χ1) is 6.74. The second-order valence-corrected chi connectivity index (χ2v) is 3.67. The SMILES string of the molecule is CCCCNC(=O)NCC(CC)CC. The molecule has 0 spiro atoms. The Bertz CT molecular complexity index is 144. The maximum Gasteiger partial charge on any atom is 0.314 e. The molecule has 2 amide bonds. The second-order valence-electron chi connectivity index (χ2n) is 3.67. The summed E-state index contributed by atoms with van der Waals surface area (Å²) in [7, 11) is 0. The van der Waals surface area contributed by atoms with Gasteiger partial charge in [-0.25, -0.2) is 4.79 Å². The molecule has 0 aliphatic carbocycles. The predicted octanol–water partition coefficient (Wildman–Crippen LogP) is 2.52. The van der Waals surface area contributed by atoms with Gasteiger partial charge in [0, 0.05) is 13.1 Å². The number of carbonyl (C=O) groups is 1. The van der Waals surface area contributed by atoms with E-state index in [2.05, 4.69) is 31.4 Å². The molecule has 84 valence electrons. The van der Waals surface area contributed by atoms with E-state index in [-0.39, 0.29) is 6.03 Å². The molecule has 0 atom stereocenters. The van der Waals surface area contributed by atoms with Gasteiger partial charge in [-0.15, -0.1) is 0 Å². The van der Waals surface area contributed by atoms with Crippen LogP contribution in [0.25, 0.3) is 0 Å². The molecule has 0 aliphatic rings. The molecule has 0 aromatic heterocycles. The average molecular weight is 200 g/mol. The molecule has 0 aromatic carbocycles. The monoisotopic (exact) mass is 200 g/mol. The van der Waals surface area contributed by atoms with Gasteiger partial charge in [0.05, 0.1) is 0 Å². The van der Waals surface area contributed by atoms with E-state index in [1.807, 2.05) is 0 Å². The van der Waals surface area contributed by atoms with Crippen LogP contribution in [0.2, 0.25) is 0 Å². The van der Waals surface area contributed by atoms with Crippen LogP contribution in [0.3, 0.4) is 0 Å². The largest absolute Gasteiger partial charge is 0.338 e. The molecule has 0 aromatic rings. The summed E-state index contributed by atoms with van der Waals surface area (Å²) in [6.45, 7) is 8.01. The highest BCUT2D eigenvalue weighted by Crippen LogP contribution is 2.04. The van der Waals surface area contributed by atoms with Crippen LogP contribution in [-0.2, 0) is 0 Å². The lowest BCUT2D eigenvalue weighted by atomic mass is 10.0. The Morgan fingerprint density at radius 2 is 1.79 bits per heavy atom. The average Bonchev–Trinajstić information content (AvgIpc) is 2.20. The normalized spacial score (nSPS) is 10.3. The van der Waals surface area contributed by atoms with Crippen molar-refractivity contribution in [2.45, 2.75) is 46.5 Å². The van der Waals surface area contributed by atoms with Gasteiger partial charge < -0.3 is 10.6 Å². The van der Waals surface area contributed by atoms with Crippen molar-refractivity contribution in [1.82, 2.24) is 10.6 Å². The van der Waals surface area contributed by atoms with Crippen LogP contribution in [-0.4, -0.2) is 19.1 Å². The Balaban J connectivity index is 3.42. The number of urea groups is 1. The quantitative estimate of drug-likeness (QED) is 0.609. The molecule has 0 heterocycles. The number of amides is 2. The van der Waals surface area contributed by atoms with Crippen LogP contribution in [0.1, 0.15) is 46.5 Å². The molecule has 14 heavy (non-hydrogen) atoms. The Kier molecular flexibility index (Phi) is 8.39. The highest BCUT2D eigenvalue weighted by molar-refractivity contribution is 5.73. The molecule has 0 rings (SSSR count). The Hall–Kier alpha value is -0.730. The molecule has 0 aliphatic heterocycles. The lowest BCUT2D eigenvalue weighted by Gasteiger charge is -2.13. The lowest BCUT2D eigenvalue weighted by Crippen LogP contribution is -2.38. The van der Waals surface area contributed by atoms with Gasteiger partial charge in [-0.3, -0.25) is 0 Å². The molecular formula is C11H24N2O. The van der Waals surface area contributed by atoms with Crippen molar-refractivity contribution in [1.29, 1.82) is 0 Å². The minimum absolute atomic E-state index is 0.0228. The lowest BCUT2D eigenvalue weighted by molar-refractivity contribution is 0.238. The fourth-order valence-electron chi connectivity index (χ4n) is 1.26. The summed E-state index contributed by atoms with van der Waals surface area (Å²) in [4.78, 5) is 11.2. The maximum absolute atomic E-state index is 11.2. The highest BCUT2D eigenvalue weighted by atomic mass is 16.2. The molecule has 3 nitrogen and oxygen atoms in total. The maximum atomic E-state index is 11.2. The van der Waals surface area contributed by atoms with Crippen molar-refractivity contribution in [3.63, 3.8) is 0 Å². The molecule has 0 bridgehead atoms. The van der Waals surface area contributed by atoms with Gasteiger partial charge in [-0.2, -0.15) is 0 Å².